The molecule has 0 saturated carbocycles. The van der Waals surface area contributed by atoms with E-state index in [0.29, 0.717) is 6.04 Å². The van der Waals surface area contributed by atoms with Crippen LogP contribution in [0.5, 0.6) is 0 Å². The van der Waals surface area contributed by atoms with Crippen molar-refractivity contribution in [2.24, 2.45) is 0 Å². The molecule has 0 spiro atoms. The summed E-state index contributed by atoms with van der Waals surface area (Å²) in [5, 5.41) is 8.84. The van der Waals surface area contributed by atoms with Gasteiger partial charge in [-0.3, -0.25) is 4.79 Å². The van der Waals surface area contributed by atoms with E-state index in [1.54, 1.807) is 11.8 Å². The fourth-order valence-electron chi connectivity index (χ4n) is 1.81. The SMILES string of the molecule is Cc1nc(SCc2cncn2C(C)C)sc1CC(=O)O. The van der Waals surface area contributed by atoms with E-state index in [2.05, 4.69) is 28.4 Å². The summed E-state index contributed by atoms with van der Waals surface area (Å²) in [6, 6.07) is 0.383. The van der Waals surface area contributed by atoms with Gasteiger partial charge in [-0.1, -0.05) is 11.8 Å². The second kappa shape index (κ2) is 6.41. The van der Waals surface area contributed by atoms with Crippen molar-refractivity contribution in [2.45, 2.75) is 43.3 Å². The van der Waals surface area contributed by atoms with E-state index in [9.17, 15) is 4.79 Å². The van der Waals surface area contributed by atoms with Crippen molar-refractivity contribution in [3.05, 3.63) is 28.8 Å². The quantitative estimate of drug-likeness (QED) is 0.830. The first-order valence-electron chi connectivity index (χ1n) is 6.29. The fourth-order valence-corrected chi connectivity index (χ4v) is 4.00. The maximum atomic E-state index is 10.8. The number of thioether (sulfide) groups is 1. The molecule has 0 fully saturated rings. The van der Waals surface area contributed by atoms with Crippen LogP contribution in [0.25, 0.3) is 0 Å². The molecule has 0 unspecified atom stereocenters. The molecule has 0 radical (unpaired) electrons. The topological polar surface area (TPSA) is 68.0 Å². The van der Waals surface area contributed by atoms with E-state index in [1.807, 2.05) is 19.4 Å². The minimum atomic E-state index is -0.814. The van der Waals surface area contributed by atoms with E-state index in [0.717, 1.165) is 26.4 Å². The standard InChI is InChI=1S/C13H17N3O2S2/c1-8(2)16-7-14-5-10(16)6-19-13-15-9(3)11(20-13)4-12(17)18/h5,7-8H,4,6H2,1-3H3,(H,17,18). The lowest BCUT2D eigenvalue weighted by Crippen LogP contribution is -2.02. The summed E-state index contributed by atoms with van der Waals surface area (Å²) < 4.78 is 3.04. The van der Waals surface area contributed by atoms with Gasteiger partial charge in [0.05, 0.1) is 18.4 Å². The van der Waals surface area contributed by atoms with Gasteiger partial charge in [-0.25, -0.2) is 9.97 Å². The van der Waals surface area contributed by atoms with Crippen molar-refractivity contribution in [3.63, 3.8) is 0 Å². The summed E-state index contributed by atoms with van der Waals surface area (Å²) in [6.07, 6.45) is 3.75. The number of carboxylic acid groups (broad SMARTS) is 1. The highest BCUT2D eigenvalue weighted by atomic mass is 32.2. The van der Waals surface area contributed by atoms with Gasteiger partial charge in [0.15, 0.2) is 4.34 Å². The molecule has 0 aliphatic rings. The van der Waals surface area contributed by atoms with Crippen molar-refractivity contribution in [3.8, 4) is 0 Å². The van der Waals surface area contributed by atoms with Crippen LogP contribution in [0, 0.1) is 6.92 Å². The average Bonchev–Trinajstić information content (AvgIpc) is 2.93. The zero-order chi connectivity index (χ0) is 14.7. The summed E-state index contributed by atoms with van der Waals surface area (Å²) in [6.45, 7) is 6.10. The molecule has 1 N–H and O–H groups in total. The third-order valence-electron chi connectivity index (χ3n) is 2.83. The average molecular weight is 311 g/mol. The molecule has 2 aromatic heterocycles. The predicted octanol–water partition coefficient (Wildman–Crippen LogP) is 3.15. The number of carbonyl (C=O) groups is 1. The first-order valence-corrected chi connectivity index (χ1v) is 8.09. The van der Waals surface area contributed by atoms with Crippen LogP contribution in [0.1, 0.15) is 36.2 Å². The number of nitrogens with zero attached hydrogens (tertiary/aromatic N) is 3. The van der Waals surface area contributed by atoms with E-state index in [1.165, 1.54) is 11.3 Å². The van der Waals surface area contributed by atoms with E-state index in [4.69, 9.17) is 5.11 Å². The molecule has 0 aromatic carbocycles. The summed E-state index contributed by atoms with van der Waals surface area (Å²) in [5.74, 6) is -0.0244. The molecule has 0 atom stereocenters. The second-order valence-corrected chi connectivity index (χ2v) is 7.04. The van der Waals surface area contributed by atoms with Crippen molar-refractivity contribution in [1.29, 1.82) is 0 Å². The zero-order valence-electron chi connectivity index (χ0n) is 11.7. The summed E-state index contributed by atoms with van der Waals surface area (Å²) in [5.41, 5.74) is 1.97. The first kappa shape index (κ1) is 15.1. The van der Waals surface area contributed by atoms with E-state index >= 15 is 0 Å². The molecule has 0 aliphatic heterocycles. The maximum Gasteiger partial charge on any atom is 0.308 e. The van der Waals surface area contributed by atoms with Crippen LogP contribution >= 0.6 is 23.1 Å². The Morgan fingerprint density at radius 3 is 2.95 bits per heavy atom. The minimum Gasteiger partial charge on any atom is -0.481 e. The Bertz CT molecular complexity index is 605. The Morgan fingerprint density at radius 1 is 1.55 bits per heavy atom. The third-order valence-corrected chi connectivity index (χ3v) is 5.16. The minimum absolute atomic E-state index is 0.0496. The molecular weight excluding hydrogens is 294 g/mol. The smallest absolute Gasteiger partial charge is 0.308 e. The van der Waals surface area contributed by atoms with Crippen LogP contribution in [-0.4, -0.2) is 25.6 Å². The van der Waals surface area contributed by atoms with Gasteiger partial charge in [0.2, 0.25) is 0 Å². The monoisotopic (exact) mass is 311 g/mol. The lowest BCUT2D eigenvalue weighted by Gasteiger charge is -2.10. The lowest BCUT2D eigenvalue weighted by atomic mass is 10.3. The van der Waals surface area contributed by atoms with Crippen molar-refractivity contribution in [1.82, 2.24) is 14.5 Å². The Balaban J connectivity index is 2.04. The fraction of sp³-hybridized carbons (Fsp3) is 0.462. The maximum absolute atomic E-state index is 10.8. The van der Waals surface area contributed by atoms with Crippen LogP contribution in [0.3, 0.4) is 0 Å². The van der Waals surface area contributed by atoms with Crippen molar-refractivity contribution in [2.75, 3.05) is 0 Å². The molecule has 20 heavy (non-hydrogen) atoms. The van der Waals surface area contributed by atoms with Gasteiger partial charge in [0.1, 0.15) is 0 Å². The van der Waals surface area contributed by atoms with Crippen LogP contribution in [0.15, 0.2) is 16.9 Å². The molecule has 7 heteroatoms. The second-order valence-electron chi connectivity index (χ2n) is 4.73. The molecule has 0 saturated heterocycles. The number of aryl methyl sites for hydroxylation is 1. The molecule has 0 amide bonds. The van der Waals surface area contributed by atoms with Gasteiger partial charge in [0.25, 0.3) is 0 Å². The number of hydrogen-bond acceptors (Lipinski definition) is 5. The number of carboxylic acids is 1. The molecule has 5 nitrogen and oxygen atoms in total. The highest BCUT2D eigenvalue weighted by molar-refractivity contribution is 8.00. The normalized spacial score (nSPS) is 11.2. The van der Waals surface area contributed by atoms with Crippen molar-refractivity contribution >= 4 is 29.1 Å². The largest absolute Gasteiger partial charge is 0.481 e. The van der Waals surface area contributed by atoms with Crippen LogP contribution < -0.4 is 0 Å². The molecule has 2 rings (SSSR count). The first-order chi connectivity index (χ1) is 9.47. The Morgan fingerprint density at radius 2 is 2.30 bits per heavy atom. The Hall–Kier alpha value is -1.34. The number of imidazole rings is 1. The predicted molar refractivity (Wildman–Crippen MR) is 80.4 cm³/mol. The highest BCUT2D eigenvalue weighted by Crippen LogP contribution is 2.30. The van der Waals surface area contributed by atoms with E-state index in [-0.39, 0.29) is 6.42 Å². The lowest BCUT2D eigenvalue weighted by molar-refractivity contribution is -0.136. The van der Waals surface area contributed by atoms with Crippen LogP contribution in [-0.2, 0) is 17.0 Å². The summed E-state index contributed by atoms with van der Waals surface area (Å²) >= 11 is 3.09. The van der Waals surface area contributed by atoms with Gasteiger partial charge in [-0.2, -0.15) is 0 Å². The van der Waals surface area contributed by atoms with Gasteiger partial charge in [-0.15, -0.1) is 11.3 Å². The summed E-state index contributed by atoms with van der Waals surface area (Å²) in [7, 11) is 0. The number of thiazole rings is 1. The van der Waals surface area contributed by atoms with E-state index < -0.39 is 5.97 Å². The Kier molecular flexibility index (Phi) is 4.82. The highest BCUT2D eigenvalue weighted by Gasteiger charge is 2.12. The Labute approximate surface area is 126 Å². The molecule has 0 bridgehead atoms. The van der Waals surface area contributed by atoms with Crippen LogP contribution in [0.2, 0.25) is 0 Å². The van der Waals surface area contributed by atoms with Gasteiger partial charge >= 0.3 is 5.97 Å². The van der Waals surface area contributed by atoms with Gasteiger partial charge in [-0.05, 0) is 20.8 Å². The number of rotatable bonds is 6. The van der Waals surface area contributed by atoms with Gasteiger partial charge in [0, 0.05) is 28.6 Å². The number of hydrogen-bond donors (Lipinski definition) is 1. The molecule has 108 valence electrons. The zero-order valence-corrected chi connectivity index (χ0v) is 13.3. The number of aliphatic carboxylic acids is 1. The molecule has 2 heterocycles. The molecule has 0 aliphatic carbocycles. The van der Waals surface area contributed by atoms with Crippen molar-refractivity contribution < 1.29 is 9.90 Å². The number of aromatic nitrogens is 3. The molecular formula is C13H17N3O2S2. The van der Waals surface area contributed by atoms with Crippen LogP contribution in [0.4, 0.5) is 0 Å². The molecule has 2 aromatic rings. The summed E-state index contributed by atoms with van der Waals surface area (Å²) in [4.78, 5) is 20.2. The third kappa shape index (κ3) is 3.61. The van der Waals surface area contributed by atoms with Gasteiger partial charge < -0.3 is 9.67 Å².